The number of hydrogen-bond donors (Lipinski definition) is 1. The molecule has 10 heavy (non-hydrogen) atoms. The lowest BCUT2D eigenvalue weighted by Crippen LogP contribution is -2.49. The zero-order valence-corrected chi connectivity index (χ0v) is 6.34. The predicted octanol–water partition coefficient (Wildman–Crippen LogP) is -0.0440. The molecule has 1 aliphatic heterocycles. The largest absolute Gasteiger partial charge is 0.341 e. The van der Waals surface area contributed by atoms with Gasteiger partial charge in [0.2, 0.25) is 5.91 Å². The van der Waals surface area contributed by atoms with E-state index in [1.807, 2.05) is 11.8 Å². The number of carbonyl (C=O) groups excluding carboxylic acids is 1. The Morgan fingerprint density at radius 1 is 1.70 bits per heavy atom. The second-order valence-electron chi connectivity index (χ2n) is 2.69. The molecule has 0 aromatic rings. The minimum absolute atomic E-state index is 0.119. The van der Waals surface area contributed by atoms with Crippen molar-refractivity contribution in [2.24, 2.45) is 5.73 Å². The number of amides is 1. The first-order valence-corrected chi connectivity index (χ1v) is 3.80. The molecule has 1 aliphatic rings. The molecule has 0 radical (unpaired) electrons. The van der Waals surface area contributed by atoms with E-state index in [-0.39, 0.29) is 11.9 Å². The van der Waals surface area contributed by atoms with Gasteiger partial charge in [-0.25, -0.2) is 0 Å². The van der Waals surface area contributed by atoms with Crippen LogP contribution in [0.2, 0.25) is 0 Å². The normalized spacial score (nSPS) is 20.0. The van der Waals surface area contributed by atoms with Crippen molar-refractivity contribution in [2.75, 3.05) is 13.1 Å². The molecule has 0 saturated carbocycles. The summed E-state index contributed by atoms with van der Waals surface area (Å²) < 4.78 is 0. The molecule has 1 rings (SSSR count). The lowest BCUT2D eigenvalue weighted by molar-refractivity contribution is -0.136. The van der Waals surface area contributed by atoms with Crippen LogP contribution in [0.5, 0.6) is 0 Å². The fourth-order valence-electron chi connectivity index (χ4n) is 0.946. The molecule has 3 nitrogen and oxygen atoms in total. The molecule has 3 heteroatoms. The molecular weight excluding hydrogens is 128 g/mol. The number of likely N-dealkylation sites (tertiary alicyclic amines) is 1. The Kier molecular flexibility index (Phi) is 2.27. The first-order chi connectivity index (χ1) is 4.75. The summed E-state index contributed by atoms with van der Waals surface area (Å²) >= 11 is 0. The summed E-state index contributed by atoms with van der Waals surface area (Å²) in [7, 11) is 0. The lowest BCUT2D eigenvalue weighted by atomic mass is 10.1. The fraction of sp³-hybridized carbons (Fsp3) is 0.857. The van der Waals surface area contributed by atoms with Gasteiger partial charge in [-0.3, -0.25) is 4.79 Å². The molecule has 0 bridgehead atoms. The molecule has 1 heterocycles. The maximum Gasteiger partial charge on any atom is 0.239 e. The van der Waals surface area contributed by atoms with Crippen molar-refractivity contribution < 1.29 is 4.79 Å². The Balaban J connectivity index is 2.32. The summed E-state index contributed by atoms with van der Waals surface area (Å²) in [5.41, 5.74) is 5.54. The third-order valence-electron chi connectivity index (χ3n) is 1.92. The fourth-order valence-corrected chi connectivity index (χ4v) is 0.946. The van der Waals surface area contributed by atoms with Gasteiger partial charge in [0, 0.05) is 13.1 Å². The van der Waals surface area contributed by atoms with Crippen LogP contribution in [0.25, 0.3) is 0 Å². The van der Waals surface area contributed by atoms with Crippen LogP contribution in [0.3, 0.4) is 0 Å². The quantitative estimate of drug-likeness (QED) is 0.588. The summed E-state index contributed by atoms with van der Waals surface area (Å²) in [6.45, 7) is 3.75. The Hall–Kier alpha value is -0.570. The molecule has 1 atom stereocenters. The molecule has 1 fully saturated rings. The van der Waals surface area contributed by atoms with Crippen LogP contribution in [0.4, 0.5) is 0 Å². The number of hydrogen-bond acceptors (Lipinski definition) is 2. The second kappa shape index (κ2) is 3.01. The average Bonchev–Trinajstić information content (AvgIpc) is 1.82. The van der Waals surface area contributed by atoms with Gasteiger partial charge in [0.1, 0.15) is 0 Å². The van der Waals surface area contributed by atoms with E-state index in [4.69, 9.17) is 5.73 Å². The Morgan fingerprint density at radius 2 is 2.30 bits per heavy atom. The van der Waals surface area contributed by atoms with Crippen LogP contribution in [0.1, 0.15) is 19.8 Å². The van der Waals surface area contributed by atoms with E-state index in [9.17, 15) is 4.79 Å². The molecule has 1 saturated heterocycles. The summed E-state index contributed by atoms with van der Waals surface area (Å²) in [4.78, 5) is 13.0. The summed E-state index contributed by atoms with van der Waals surface area (Å²) in [5.74, 6) is 0.119. The zero-order valence-electron chi connectivity index (χ0n) is 6.34. The van der Waals surface area contributed by atoms with Crippen LogP contribution in [0.15, 0.2) is 0 Å². The first-order valence-electron chi connectivity index (χ1n) is 3.80. The van der Waals surface area contributed by atoms with Gasteiger partial charge in [-0.15, -0.1) is 0 Å². The molecule has 0 aromatic carbocycles. The Labute approximate surface area is 61.2 Å². The maximum atomic E-state index is 11.2. The van der Waals surface area contributed by atoms with Crippen LogP contribution < -0.4 is 5.73 Å². The number of rotatable bonds is 2. The Bertz CT molecular complexity index is 125. The topological polar surface area (TPSA) is 46.3 Å². The molecule has 2 N–H and O–H groups in total. The van der Waals surface area contributed by atoms with Crippen LogP contribution in [-0.2, 0) is 4.79 Å². The number of nitrogens with two attached hydrogens (primary N) is 1. The van der Waals surface area contributed by atoms with Crippen LogP contribution in [0, 0.1) is 0 Å². The standard InChI is InChI=1S/C7H14N2O/c1-2-6(8)7(10)9-4-3-5-9/h6H,2-5,8H2,1H3/t6-/m0/s1. The highest BCUT2D eigenvalue weighted by molar-refractivity contribution is 5.82. The third-order valence-corrected chi connectivity index (χ3v) is 1.92. The van der Waals surface area contributed by atoms with E-state index in [1.165, 1.54) is 0 Å². The van der Waals surface area contributed by atoms with E-state index in [2.05, 4.69) is 0 Å². The SMILES string of the molecule is CC[C@H](N)C(=O)N1CCC1. The molecule has 0 aromatic heterocycles. The van der Waals surface area contributed by atoms with Gasteiger partial charge in [-0.2, -0.15) is 0 Å². The zero-order chi connectivity index (χ0) is 7.56. The second-order valence-corrected chi connectivity index (χ2v) is 2.69. The van der Waals surface area contributed by atoms with Crippen LogP contribution in [-0.4, -0.2) is 29.9 Å². The van der Waals surface area contributed by atoms with E-state index in [0.29, 0.717) is 0 Å². The third kappa shape index (κ3) is 1.29. The molecule has 58 valence electrons. The van der Waals surface area contributed by atoms with Crippen molar-refractivity contribution in [3.05, 3.63) is 0 Å². The van der Waals surface area contributed by atoms with Crippen molar-refractivity contribution in [3.63, 3.8) is 0 Å². The van der Waals surface area contributed by atoms with E-state index < -0.39 is 0 Å². The van der Waals surface area contributed by atoms with Gasteiger partial charge in [0.25, 0.3) is 0 Å². The van der Waals surface area contributed by atoms with Crippen molar-refractivity contribution in [1.82, 2.24) is 4.90 Å². The van der Waals surface area contributed by atoms with Gasteiger partial charge in [-0.1, -0.05) is 6.92 Å². The molecule has 1 amide bonds. The highest BCUT2D eigenvalue weighted by atomic mass is 16.2. The predicted molar refractivity (Wildman–Crippen MR) is 39.5 cm³/mol. The summed E-state index contributed by atoms with van der Waals surface area (Å²) in [5, 5.41) is 0. The highest BCUT2D eigenvalue weighted by Gasteiger charge is 2.23. The van der Waals surface area contributed by atoms with Crippen molar-refractivity contribution >= 4 is 5.91 Å². The Morgan fingerprint density at radius 3 is 2.60 bits per heavy atom. The highest BCUT2D eigenvalue weighted by Crippen LogP contribution is 2.07. The average molecular weight is 142 g/mol. The van der Waals surface area contributed by atoms with Crippen molar-refractivity contribution in [3.8, 4) is 0 Å². The summed E-state index contributed by atoms with van der Waals surface area (Å²) in [6.07, 6.45) is 1.89. The lowest BCUT2D eigenvalue weighted by Gasteiger charge is -2.32. The monoisotopic (exact) mass is 142 g/mol. The van der Waals surface area contributed by atoms with Crippen molar-refractivity contribution in [1.29, 1.82) is 0 Å². The van der Waals surface area contributed by atoms with Gasteiger partial charge in [0.05, 0.1) is 6.04 Å². The van der Waals surface area contributed by atoms with Gasteiger partial charge >= 0.3 is 0 Å². The molecule has 0 aliphatic carbocycles. The van der Waals surface area contributed by atoms with Gasteiger partial charge in [-0.05, 0) is 12.8 Å². The first kappa shape index (κ1) is 7.54. The van der Waals surface area contributed by atoms with E-state index in [0.717, 1.165) is 25.9 Å². The van der Waals surface area contributed by atoms with Crippen LogP contribution >= 0.6 is 0 Å². The minimum Gasteiger partial charge on any atom is -0.341 e. The van der Waals surface area contributed by atoms with Crippen molar-refractivity contribution in [2.45, 2.75) is 25.8 Å². The number of nitrogens with zero attached hydrogens (tertiary/aromatic N) is 1. The molecule has 0 unspecified atom stereocenters. The molecular formula is C7H14N2O. The smallest absolute Gasteiger partial charge is 0.239 e. The summed E-state index contributed by atoms with van der Waals surface area (Å²) in [6, 6.07) is -0.264. The maximum absolute atomic E-state index is 11.2. The minimum atomic E-state index is -0.264. The van der Waals surface area contributed by atoms with Gasteiger partial charge < -0.3 is 10.6 Å². The van der Waals surface area contributed by atoms with E-state index in [1.54, 1.807) is 0 Å². The van der Waals surface area contributed by atoms with E-state index >= 15 is 0 Å². The molecule has 0 spiro atoms. The van der Waals surface area contributed by atoms with Gasteiger partial charge in [0.15, 0.2) is 0 Å². The number of carbonyl (C=O) groups is 1.